The zero-order valence-corrected chi connectivity index (χ0v) is 14.0. The molecule has 1 amide bonds. The second-order valence-electron chi connectivity index (χ2n) is 5.99. The second-order valence-corrected chi connectivity index (χ2v) is 5.99. The monoisotopic (exact) mass is 353 g/mol. The highest BCUT2D eigenvalue weighted by atomic mass is 35.5. The van der Waals surface area contributed by atoms with E-state index < -0.39 is 11.4 Å². The summed E-state index contributed by atoms with van der Waals surface area (Å²) in [5.41, 5.74) is 0.203. The minimum absolute atomic E-state index is 0. The third-order valence-electron chi connectivity index (χ3n) is 4.29. The largest absolute Gasteiger partial charge is 0.352 e. The van der Waals surface area contributed by atoms with E-state index in [1.807, 2.05) is 0 Å². The summed E-state index contributed by atoms with van der Waals surface area (Å²) in [5.74, 6) is -0.166. The van der Waals surface area contributed by atoms with E-state index in [2.05, 4.69) is 15.6 Å². The summed E-state index contributed by atoms with van der Waals surface area (Å²) < 4.78 is 13.3. The van der Waals surface area contributed by atoms with Crippen LogP contribution in [0.4, 0.5) is 4.39 Å². The molecule has 1 atom stereocenters. The van der Waals surface area contributed by atoms with Crippen molar-refractivity contribution < 1.29 is 9.18 Å². The number of piperidine rings is 1. The highest BCUT2D eigenvalue weighted by molar-refractivity contribution is 6.05. The van der Waals surface area contributed by atoms with Crippen LogP contribution in [-0.2, 0) is 0 Å². The van der Waals surface area contributed by atoms with E-state index in [4.69, 9.17) is 0 Å². The summed E-state index contributed by atoms with van der Waals surface area (Å²) in [4.78, 5) is 26.6. The van der Waals surface area contributed by atoms with Crippen LogP contribution in [0.25, 0.3) is 10.9 Å². The Bertz CT molecular complexity index is 772. The maximum Gasteiger partial charge on any atom is 0.252 e. The van der Waals surface area contributed by atoms with E-state index in [0.29, 0.717) is 23.4 Å². The Kier molecular flexibility index (Phi) is 6.34. The van der Waals surface area contributed by atoms with Crippen LogP contribution in [-0.4, -0.2) is 30.5 Å². The van der Waals surface area contributed by atoms with Crippen molar-refractivity contribution in [2.75, 3.05) is 19.6 Å². The zero-order chi connectivity index (χ0) is 16.2. The van der Waals surface area contributed by atoms with Gasteiger partial charge in [-0.15, -0.1) is 12.4 Å². The second kappa shape index (κ2) is 8.26. The van der Waals surface area contributed by atoms with Crippen LogP contribution in [0.5, 0.6) is 0 Å². The Labute approximate surface area is 145 Å². The number of rotatable bonds is 4. The molecule has 24 heavy (non-hydrogen) atoms. The van der Waals surface area contributed by atoms with Gasteiger partial charge in [-0.3, -0.25) is 9.59 Å². The van der Waals surface area contributed by atoms with Gasteiger partial charge in [0.15, 0.2) is 0 Å². The minimum atomic E-state index is -0.449. The number of halogens is 2. The number of fused-ring (bicyclic) bond motifs is 1. The Morgan fingerprint density at radius 2 is 2.17 bits per heavy atom. The molecule has 1 fully saturated rings. The van der Waals surface area contributed by atoms with Crippen LogP contribution in [0.15, 0.2) is 29.1 Å². The maximum atomic E-state index is 13.3. The number of hydrogen-bond donors (Lipinski definition) is 3. The van der Waals surface area contributed by atoms with Crippen LogP contribution in [0.3, 0.4) is 0 Å². The molecule has 5 nitrogen and oxygen atoms in total. The van der Waals surface area contributed by atoms with Crippen molar-refractivity contribution in [2.24, 2.45) is 5.92 Å². The molecule has 1 aliphatic heterocycles. The fraction of sp³-hybridized carbons (Fsp3) is 0.412. The van der Waals surface area contributed by atoms with Gasteiger partial charge in [0.25, 0.3) is 5.91 Å². The topological polar surface area (TPSA) is 74.0 Å². The standard InChI is InChI=1S/C17H20FN3O2.ClH/c18-12-3-4-13-14(9-16(22)21-15(13)8-12)17(23)20-7-5-11-2-1-6-19-10-11;/h3-4,8-9,11,19H,1-2,5-7,10H2,(H,20,23)(H,21,22);1H. The molecule has 0 aliphatic carbocycles. The molecule has 0 saturated carbocycles. The molecule has 3 N–H and O–H groups in total. The lowest BCUT2D eigenvalue weighted by Crippen LogP contribution is -2.33. The molecule has 3 rings (SSSR count). The summed E-state index contributed by atoms with van der Waals surface area (Å²) in [6.45, 7) is 2.63. The number of nitrogens with one attached hydrogen (secondary N) is 3. The molecule has 2 heterocycles. The minimum Gasteiger partial charge on any atom is -0.352 e. The van der Waals surface area contributed by atoms with Crippen molar-refractivity contribution in [2.45, 2.75) is 19.3 Å². The van der Waals surface area contributed by atoms with Crippen molar-refractivity contribution in [3.05, 3.63) is 46.0 Å². The van der Waals surface area contributed by atoms with Crippen molar-refractivity contribution in [1.82, 2.24) is 15.6 Å². The van der Waals surface area contributed by atoms with Crippen molar-refractivity contribution in [1.29, 1.82) is 0 Å². The van der Waals surface area contributed by atoms with Crippen LogP contribution < -0.4 is 16.2 Å². The van der Waals surface area contributed by atoms with Gasteiger partial charge in [-0.25, -0.2) is 4.39 Å². The van der Waals surface area contributed by atoms with Crippen molar-refractivity contribution in [3.8, 4) is 0 Å². The first-order valence-electron chi connectivity index (χ1n) is 7.95. The summed E-state index contributed by atoms with van der Waals surface area (Å²) in [6.07, 6.45) is 3.26. The number of aromatic amines is 1. The normalized spacial score (nSPS) is 17.3. The number of pyridine rings is 1. The van der Waals surface area contributed by atoms with Crippen LogP contribution in [0.1, 0.15) is 29.6 Å². The molecule has 1 aliphatic rings. The number of aromatic nitrogens is 1. The maximum absolute atomic E-state index is 13.3. The van der Waals surface area contributed by atoms with E-state index in [1.165, 1.54) is 37.1 Å². The van der Waals surface area contributed by atoms with Gasteiger partial charge in [0.2, 0.25) is 5.56 Å². The molecule has 130 valence electrons. The highest BCUT2D eigenvalue weighted by Gasteiger charge is 2.15. The summed E-state index contributed by atoms with van der Waals surface area (Å²) in [7, 11) is 0. The molecule has 7 heteroatoms. The fourth-order valence-electron chi connectivity index (χ4n) is 3.08. The summed E-state index contributed by atoms with van der Waals surface area (Å²) >= 11 is 0. The molecule has 0 bridgehead atoms. The first-order valence-corrected chi connectivity index (χ1v) is 7.95. The number of carbonyl (C=O) groups is 1. The summed E-state index contributed by atoms with van der Waals surface area (Å²) in [6, 6.07) is 5.28. The van der Waals surface area contributed by atoms with Gasteiger partial charge in [-0.05, 0) is 56.5 Å². The molecular formula is C17H21ClFN3O2. The van der Waals surface area contributed by atoms with Gasteiger partial charge in [0, 0.05) is 18.0 Å². The van der Waals surface area contributed by atoms with E-state index in [1.54, 1.807) is 0 Å². The molecule has 1 unspecified atom stereocenters. The lowest BCUT2D eigenvalue weighted by Gasteiger charge is -2.22. The van der Waals surface area contributed by atoms with Gasteiger partial charge in [-0.1, -0.05) is 0 Å². The molecule has 0 spiro atoms. The third kappa shape index (κ3) is 4.33. The molecule has 1 saturated heterocycles. The SMILES string of the molecule is Cl.O=C(NCCC1CCCNC1)c1cc(=O)[nH]c2cc(F)ccc12. The Hall–Kier alpha value is -1.92. The summed E-state index contributed by atoms with van der Waals surface area (Å²) in [5, 5.41) is 6.76. The number of H-pyrrole nitrogens is 1. The predicted octanol–water partition coefficient (Wildman–Crippen LogP) is 2.21. The first kappa shape index (κ1) is 18.4. The number of hydrogen-bond acceptors (Lipinski definition) is 3. The van der Waals surface area contributed by atoms with Gasteiger partial charge < -0.3 is 15.6 Å². The lowest BCUT2D eigenvalue weighted by molar-refractivity contribution is 0.0952. The van der Waals surface area contributed by atoms with Gasteiger partial charge in [0.1, 0.15) is 5.82 Å². The number of benzene rings is 1. The predicted molar refractivity (Wildman–Crippen MR) is 94.3 cm³/mol. The van der Waals surface area contributed by atoms with Crippen LogP contribution in [0, 0.1) is 11.7 Å². The molecular weight excluding hydrogens is 333 g/mol. The third-order valence-corrected chi connectivity index (χ3v) is 4.29. The van der Waals surface area contributed by atoms with E-state index in [-0.39, 0.29) is 23.9 Å². The quantitative estimate of drug-likeness (QED) is 0.789. The molecule has 1 aromatic carbocycles. The number of carbonyl (C=O) groups excluding carboxylic acids is 1. The average Bonchev–Trinajstić information content (AvgIpc) is 2.54. The van der Waals surface area contributed by atoms with Gasteiger partial charge in [-0.2, -0.15) is 0 Å². The van der Waals surface area contributed by atoms with E-state index in [0.717, 1.165) is 19.5 Å². The van der Waals surface area contributed by atoms with Gasteiger partial charge in [0.05, 0.1) is 11.1 Å². The van der Waals surface area contributed by atoms with Crippen molar-refractivity contribution in [3.63, 3.8) is 0 Å². The Morgan fingerprint density at radius 3 is 2.92 bits per heavy atom. The van der Waals surface area contributed by atoms with Gasteiger partial charge >= 0.3 is 0 Å². The number of amides is 1. The van der Waals surface area contributed by atoms with E-state index in [9.17, 15) is 14.0 Å². The first-order chi connectivity index (χ1) is 11.1. The zero-order valence-electron chi connectivity index (χ0n) is 13.2. The molecule has 2 aromatic rings. The highest BCUT2D eigenvalue weighted by Crippen LogP contribution is 2.17. The molecule has 0 radical (unpaired) electrons. The fourth-order valence-corrected chi connectivity index (χ4v) is 3.08. The molecule has 1 aromatic heterocycles. The Morgan fingerprint density at radius 1 is 1.33 bits per heavy atom. The lowest BCUT2D eigenvalue weighted by atomic mass is 9.96. The van der Waals surface area contributed by atoms with Crippen LogP contribution in [0.2, 0.25) is 0 Å². The van der Waals surface area contributed by atoms with Crippen LogP contribution >= 0.6 is 12.4 Å². The Balaban J connectivity index is 0.00000208. The van der Waals surface area contributed by atoms with Crippen molar-refractivity contribution >= 4 is 29.2 Å². The average molecular weight is 354 g/mol. The smallest absolute Gasteiger partial charge is 0.252 e. The van der Waals surface area contributed by atoms with E-state index >= 15 is 0 Å².